The number of aliphatic hydroxyl groups excluding tert-OH is 1. The summed E-state index contributed by atoms with van der Waals surface area (Å²) in [6.07, 6.45) is 3.36. The van der Waals surface area contributed by atoms with E-state index in [1.807, 2.05) is 6.07 Å². The topological polar surface area (TPSA) is 77.0 Å². The molecular formula is C18H27NO5. The molecule has 0 spiro atoms. The second-order valence-electron chi connectivity index (χ2n) is 5.96. The molecule has 24 heavy (non-hydrogen) atoms. The number of nitrogens with one attached hydrogen (secondary N) is 1. The summed E-state index contributed by atoms with van der Waals surface area (Å²) >= 11 is 0. The average Bonchev–Trinajstić information content (AvgIpc) is 2.60. The van der Waals surface area contributed by atoms with Crippen LogP contribution in [0.15, 0.2) is 24.3 Å². The predicted molar refractivity (Wildman–Crippen MR) is 90.1 cm³/mol. The van der Waals surface area contributed by atoms with Crippen molar-refractivity contribution in [1.82, 2.24) is 5.32 Å². The van der Waals surface area contributed by atoms with E-state index in [-0.39, 0.29) is 18.7 Å². The lowest BCUT2D eigenvalue weighted by Gasteiger charge is -2.22. The highest BCUT2D eigenvalue weighted by atomic mass is 16.7. The van der Waals surface area contributed by atoms with Gasteiger partial charge in [0.15, 0.2) is 6.29 Å². The zero-order valence-corrected chi connectivity index (χ0v) is 14.2. The molecule has 1 heterocycles. The fourth-order valence-corrected chi connectivity index (χ4v) is 2.38. The number of rotatable bonds is 9. The third-order valence-corrected chi connectivity index (χ3v) is 3.65. The third-order valence-electron chi connectivity index (χ3n) is 3.65. The molecule has 0 aliphatic carbocycles. The first-order chi connectivity index (χ1) is 11.6. The lowest BCUT2D eigenvalue weighted by molar-refractivity contribution is -0.163. The van der Waals surface area contributed by atoms with Crippen LogP contribution in [0.4, 0.5) is 0 Å². The van der Waals surface area contributed by atoms with Gasteiger partial charge in [0.1, 0.15) is 5.75 Å². The van der Waals surface area contributed by atoms with Crippen LogP contribution in [0.1, 0.15) is 43.0 Å². The van der Waals surface area contributed by atoms with Gasteiger partial charge in [0.05, 0.1) is 19.3 Å². The SMILES string of the molecule is C[C@@H](O)CNC(=O)c1cccc(OCCCO[C@@H]2CCCCO2)c1. The van der Waals surface area contributed by atoms with Gasteiger partial charge in [-0.15, -0.1) is 0 Å². The number of hydrogen-bond acceptors (Lipinski definition) is 5. The van der Waals surface area contributed by atoms with Crippen molar-refractivity contribution in [3.8, 4) is 5.75 Å². The summed E-state index contributed by atoms with van der Waals surface area (Å²) in [7, 11) is 0. The van der Waals surface area contributed by atoms with Gasteiger partial charge in [-0.25, -0.2) is 0 Å². The molecule has 134 valence electrons. The number of amides is 1. The highest BCUT2D eigenvalue weighted by Crippen LogP contribution is 2.15. The molecule has 0 saturated carbocycles. The number of aliphatic hydroxyl groups is 1. The van der Waals surface area contributed by atoms with Gasteiger partial charge in [-0.1, -0.05) is 6.07 Å². The van der Waals surface area contributed by atoms with Gasteiger partial charge < -0.3 is 24.6 Å². The minimum absolute atomic E-state index is 0.0697. The van der Waals surface area contributed by atoms with E-state index in [0.717, 1.165) is 32.3 Å². The van der Waals surface area contributed by atoms with Crippen molar-refractivity contribution in [3.63, 3.8) is 0 Å². The van der Waals surface area contributed by atoms with E-state index in [1.165, 1.54) is 0 Å². The van der Waals surface area contributed by atoms with E-state index >= 15 is 0 Å². The zero-order valence-electron chi connectivity index (χ0n) is 14.2. The van der Waals surface area contributed by atoms with Crippen LogP contribution >= 0.6 is 0 Å². The molecule has 1 aliphatic heterocycles. The van der Waals surface area contributed by atoms with E-state index in [9.17, 15) is 9.90 Å². The molecule has 0 unspecified atom stereocenters. The number of hydrogen-bond donors (Lipinski definition) is 2. The van der Waals surface area contributed by atoms with E-state index in [1.54, 1.807) is 25.1 Å². The van der Waals surface area contributed by atoms with Crippen LogP contribution in [0.25, 0.3) is 0 Å². The lowest BCUT2D eigenvalue weighted by atomic mass is 10.2. The molecule has 2 atom stereocenters. The first kappa shape index (κ1) is 18.7. The van der Waals surface area contributed by atoms with Gasteiger partial charge in [-0.3, -0.25) is 4.79 Å². The predicted octanol–water partition coefficient (Wildman–Crippen LogP) is 2.11. The fourth-order valence-electron chi connectivity index (χ4n) is 2.38. The summed E-state index contributed by atoms with van der Waals surface area (Å²) in [5, 5.41) is 11.9. The summed E-state index contributed by atoms with van der Waals surface area (Å²) in [5.41, 5.74) is 0.514. The van der Waals surface area contributed by atoms with Gasteiger partial charge >= 0.3 is 0 Å². The molecule has 0 bridgehead atoms. The number of carbonyl (C=O) groups is 1. The van der Waals surface area contributed by atoms with Gasteiger partial charge in [0.2, 0.25) is 0 Å². The van der Waals surface area contributed by atoms with Crippen molar-refractivity contribution < 1.29 is 24.1 Å². The van der Waals surface area contributed by atoms with Crippen LogP contribution in [0.2, 0.25) is 0 Å². The van der Waals surface area contributed by atoms with Crippen LogP contribution in [0, 0.1) is 0 Å². The first-order valence-electron chi connectivity index (χ1n) is 8.57. The molecule has 1 aliphatic rings. The Morgan fingerprint density at radius 1 is 1.42 bits per heavy atom. The highest BCUT2D eigenvalue weighted by molar-refractivity contribution is 5.94. The standard InChI is InChI=1S/C18H27NO5/c1-14(20)13-19-18(21)15-6-4-7-16(12-15)22-10-5-11-24-17-8-2-3-9-23-17/h4,6-7,12,14,17,20H,2-3,5,8-11,13H2,1H3,(H,19,21)/t14-,17-/m1/s1. The van der Waals surface area contributed by atoms with E-state index in [2.05, 4.69) is 5.32 Å². The Morgan fingerprint density at radius 3 is 3.04 bits per heavy atom. The molecule has 1 aromatic rings. The van der Waals surface area contributed by atoms with Crippen molar-refractivity contribution in [3.05, 3.63) is 29.8 Å². The largest absolute Gasteiger partial charge is 0.493 e. The minimum Gasteiger partial charge on any atom is -0.493 e. The molecule has 1 aromatic carbocycles. The minimum atomic E-state index is -0.568. The third kappa shape index (κ3) is 6.86. The van der Waals surface area contributed by atoms with Crippen molar-refractivity contribution in [1.29, 1.82) is 0 Å². The molecule has 6 nitrogen and oxygen atoms in total. The van der Waals surface area contributed by atoms with Crippen LogP contribution in [-0.2, 0) is 9.47 Å². The molecule has 1 amide bonds. The molecule has 6 heteroatoms. The van der Waals surface area contributed by atoms with Crippen molar-refractivity contribution in [2.75, 3.05) is 26.4 Å². The Labute approximate surface area is 143 Å². The van der Waals surface area contributed by atoms with Crippen LogP contribution in [-0.4, -0.2) is 49.8 Å². The summed E-state index contributed by atoms with van der Waals surface area (Å²) in [6, 6.07) is 7.01. The van der Waals surface area contributed by atoms with Crippen LogP contribution < -0.4 is 10.1 Å². The van der Waals surface area contributed by atoms with Crippen molar-refractivity contribution >= 4 is 5.91 Å². The smallest absolute Gasteiger partial charge is 0.251 e. The van der Waals surface area contributed by atoms with E-state index < -0.39 is 6.10 Å². The highest BCUT2D eigenvalue weighted by Gasteiger charge is 2.13. The summed E-state index contributed by atoms with van der Waals surface area (Å²) in [5.74, 6) is 0.424. The van der Waals surface area contributed by atoms with Gasteiger partial charge in [-0.2, -0.15) is 0 Å². The second-order valence-corrected chi connectivity index (χ2v) is 5.96. The molecule has 1 fully saturated rings. The maximum Gasteiger partial charge on any atom is 0.251 e. The van der Waals surface area contributed by atoms with E-state index in [4.69, 9.17) is 14.2 Å². The zero-order chi connectivity index (χ0) is 17.2. The van der Waals surface area contributed by atoms with Crippen molar-refractivity contribution in [2.24, 2.45) is 0 Å². The van der Waals surface area contributed by atoms with Crippen LogP contribution in [0.3, 0.4) is 0 Å². The van der Waals surface area contributed by atoms with Gasteiger partial charge in [0.25, 0.3) is 5.91 Å². The molecule has 2 rings (SSSR count). The van der Waals surface area contributed by atoms with Gasteiger partial charge in [0, 0.05) is 25.1 Å². The molecular weight excluding hydrogens is 310 g/mol. The molecule has 0 radical (unpaired) electrons. The summed E-state index contributed by atoms with van der Waals surface area (Å²) in [4.78, 5) is 11.9. The Bertz CT molecular complexity index is 500. The molecule has 1 saturated heterocycles. The maximum atomic E-state index is 11.9. The average molecular weight is 337 g/mol. The number of carbonyl (C=O) groups excluding carboxylic acids is 1. The maximum absolute atomic E-state index is 11.9. The first-order valence-corrected chi connectivity index (χ1v) is 8.57. The normalized spacial score (nSPS) is 18.8. The number of ether oxygens (including phenoxy) is 3. The van der Waals surface area contributed by atoms with Gasteiger partial charge in [-0.05, 0) is 44.4 Å². The molecule has 2 N–H and O–H groups in total. The lowest BCUT2D eigenvalue weighted by Crippen LogP contribution is -2.30. The summed E-state index contributed by atoms with van der Waals surface area (Å²) < 4.78 is 16.8. The van der Waals surface area contributed by atoms with E-state index in [0.29, 0.717) is 24.5 Å². The molecule has 0 aromatic heterocycles. The Hall–Kier alpha value is -1.63. The monoisotopic (exact) mass is 337 g/mol. The second kappa shape index (κ2) is 10.3. The Balaban J connectivity index is 1.67. The van der Waals surface area contributed by atoms with Crippen LogP contribution in [0.5, 0.6) is 5.75 Å². The Kier molecular flexibility index (Phi) is 8.01. The number of benzene rings is 1. The Morgan fingerprint density at radius 2 is 2.29 bits per heavy atom. The quantitative estimate of drug-likeness (QED) is 0.675. The van der Waals surface area contributed by atoms with Crippen molar-refractivity contribution in [2.45, 2.75) is 45.0 Å². The summed E-state index contributed by atoms with van der Waals surface area (Å²) in [6.45, 7) is 3.75. The fraction of sp³-hybridized carbons (Fsp3) is 0.611.